The molecule has 0 fully saturated rings. The highest BCUT2D eigenvalue weighted by atomic mass is 35.5. The van der Waals surface area contributed by atoms with Crippen LogP contribution in [0.25, 0.3) is 0 Å². The van der Waals surface area contributed by atoms with Gasteiger partial charge >= 0.3 is 0 Å². The normalized spacial score (nSPS) is 10.6. The zero-order valence-electron chi connectivity index (χ0n) is 18.2. The summed E-state index contributed by atoms with van der Waals surface area (Å²) in [6.45, 7) is 4.63. The first-order valence-electron chi connectivity index (χ1n) is 9.64. The molecule has 0 unspecified atom stereocenters. The van der Waals surface area contributed by atoms with Gasteiger partial charge < -0.3 is 33.7 Å². The van der Waals surface area contributed by atoms with Crippen LogP contribution in [0.5, 0.6) is 28.7 Å². The second-order valence-corrected chi connectivity index (χ2v) is 6.68. The average Bonchev–Trinajstić information content (AvgIpc) is 2.77. The molecule has 0 bridgehead atoms. The standard InChI is InChI=1S/C22H30ClNO6/c1-6-29-7-8-30-22-20(27-4)9-15(10-21(22)28-5)13-24-14-16-11-18(25-2)19(26-3)12-17(16)23/h9-12,24H,6-8,13-14H2,1-5H3. The van der Waals surface area contributed by atoms with Gasteiger partial charge in [-0.1, -0.05) is 11.6 Å². The Labute approximate surface area is 183 Å². The van der Waals surface area contributed by atoms with Crippen molar-refractivity contribution in [2.24, 2.45) is 0 Å². The molecule has 0 heterocycles. The summed E-state index contributed by atoms with van der Waals surface area (Å²) < 4.78 is 32.7. The zero-order chi connectivity index (χ0) is 21.9. The van der Waals surface area contributed by atoms with E-state index in [0.29, 0.717) is 66.7 Å². The summed E-state index contributed by atoms with van der Waals surface area (Å²) in [6, 6.07) is 7.45. The van der Waals surface area contributed by atoms with Crippen LogP contribution in [-0.4, -0.2) is 48.3 Å². The minimum absolute atomic E-state index is 0.413. The third-order valence-corrected chi connectivity index (χ3v) is 4.75. The lowest BCUT2D eigenvalue weighted by atomic mass is 10.1. The lowest BCUT2D eigenvalue weighted by Crippen LogP contribution is -2.14. The van der Waals surface area contributed by atoms with E-state index in [-0.39, 0.29) is 0 Å². The maximum absolute atomic E-state index is 6.36. The summed E-state index contributed by atoms with van der Waals surface area (Å²) in [6.07, 6.45) is 0. The third-order valence-electron chi connectivity index (χ3n) is 4.40. The van der Waals surface area contributed by atoms with Gasteiger partial charge in [0.25, 0.3) is 0 Å². The van der Waals surface area contributed by atoms with E-state index in [1.165, 1.54) is 0 Å². The Balaban J connectivity index is 2.08. The molecule has 1 N–H and O–H groups in total. The fourth-order valence-electron chi connectivity index (χ4n) is 2.90. The van der Waals surface area contributed by atoms with E-state index in [9.17, 15) is 0 Å². The van der Waals surface area contributed by atoms with Crippen LogP contribution in [-0.2, 0) is 17.8 Å². The van der Waals surface area contributed by atoms with Crippen LogP contribution in [0.15, 0.2) is 24.3 Å². The van der Waals surface area contributed by atoms with E-state index in [1.807, 2.05) is 25.1 Å². The Morgan fingerprint density at radius 3 is 1.93 bits per heavy atom. The fourth-order valence-corrected chi connectivity index (χ4v) is 3.12. The summed E-state index contributed by atoms with van der Waals surface area (Å²) in [5.41, 5.74) is 1.89. The van der Waals surface area contributed by atoms with Gasteiger partial charge in [0.15, 0.2) is 23.0 Å². The molecule has 0 amide bonds. The number of hydrogen-bond acceptors (Lipinski definition) is 7. The van der Waals surface area contributed by atoms with Crippen molar-refractivity contribution >= 4 is 11.6 Å². The minimum atomic E-state index is 0.413. The Kier molecular flexibility index (Phi) is 9.86. The first kappa shape index (κ1) is 23.9. The van der Waals surface area contributed by atoms with Crippen molar-refractivity contribution in [2.45, 2.75) is 20.0 Å². The van der Waals surface area contributed by atoms with Crippen LogP contribution < -0.4 is 29.0 Å². The third kappa shape index (κ3) is 6.32. The van der Waals surface area contributed by atoms with Crippen LogP contribution in [0, 0.1) is 0 Å². The molecule has 0 saturated carbocycles. The summed E-state index contributed by atoms with van der Waals surface area (Å²) in [5.74, 6) is 3.00. The number of benzene rings is 2. The van der Waals surface area contributed by atoms with Crippen molar-refractivity contribution < 1.29 is 28.4 Å². The average molecular weight is 440 g/mol. The van der Waals surface area contributed by atoms with Gasteiger partial charge in [0.2, 0.25) is 5.75 Å². The Morgan fingerprint density at radius 1 is 0.767 bits per heavy atom. The highest BCUT2D eigenvalue weighted by Crippen LogP contribution is 2.38. The number of halogens is 1. The lowest BCUT2D eigenvalue weighted by molar-refractivity contribution is 0.107. The van der Waals surface area contributed by atoms with Crippen LogP contribution in [0.4, 0.5) is 0 Å². The molecule has 2 aromatic carbocycles. The molecular weight excluding hydrogens is 410 g/mol. The molecule has 0 aliphatic carbocycles. The van der Waals surface area contributed by atoms with Gasteiger partial charge in [0.1, 0.15) is 6.61 Å². The first-order valence-corrected chi connectivity index (χ1v) is 10.0. The summed E-state index contributed by atoms with van der Waals surface area (Å²) >= 11 is 6.36. The molecule has 0 atom stereocenters. The predicted molar refractivity (Wildman–Crippen MR) is 117 cm³/mol. The van der Waals surface area contributed by atoms with Crippen LogP contribution in [0.3, 0.4) is 0 Å². The first-order chi connectivity index (χ1) is 14.6. The molecule has 7 nitrogen and oxygen atoms in total. The van der Waals surface area contributed by atoms with Crippen molar-refractivity contribution in [3.05, 3.63) is 40.4 Å². The number of ether oxygens (including phenoxy) is 6. The maximum Gasteiger partial charge on any atom is 0.203 e. The van der Waals surface area contributed by atoms with Crippen molar-refractivity contribution in [3.63, 3.8) is 0 Å². The van der Waals surface area contributed by atoms with Gasteiger partial charge in [-0.3, -0.25) is 0 Å². The van der Waals surface area contributed by atoms with E-state index in [0.717, 1.165) is 11.1 Å². The number of hydrogen-bond donors (Lipinski definition) is 1. The van der Waals surface area contributed by atoms with Crippen molar-refractivity contribution in [1.82, 2.24) is 5.32 Å². The maximum atomic E-state index is 6.36. The molecule has 0 spiro atoms. The monoisotopic (exact) mass is 439 g/mol. The van der Waals surface area contributed by atoms with Gasteiger partial charge in [0, 0.05) is 30.8 Å². The van der Waals surface area contributed by atoms with E-state index < -0.39 is 0 Å². The molecule has 0 saturated heterocycles. The Hall–Kier alpha value is -2.35. The van der Waals surface area contributed by atoms with Crippen LogP contribution >= 0.6 is 11.6 Å². The molecule has 0 aliphatic rings. The molecular formula is C22H30ClNO6. The minimum Gasteiger partial charge on any atom is -0.493 e. The summed E-state index contributed by atoms with van der Waals surface area (Å²) in [4.78, 5) is 0. The van der Waals surface area contributed by atoms with E-state index in [2.05, 4.69) is 5.32 Å². The van der Waals surface area contributed by atoms with Gasteiger partial charge in [-0.2, -0.15) is 0 Å². The second kappa shape index (κ2) is 12.4. The molecule has 0 aromatic heterocycles. The number of rotatable bonds is 13. The topological polar surface area (TPSA) is 67.4 Å². The van der Waals surface area contributed by atoms with Gasteiger partial charge in [-0.25, -0.2) is 0 Å². The summed E-state index contributed by atoms with van der Waals surface area (Å²) in [7, 11) is 6.38. The smallest absolute Gasteiger partial charge is 0.203 e. The fraction of sp³-hybridized carbons (Fsp3) is 0.455. The molecule has 0 radical (unpaired) electrons. The molecule has 8 heteroatoms. The summed E-state index contributed by atoms with van der Waals surface area (Å²) in [5, 5.41) is 3.98. The van der Waals surface area contributed by atoms with Gasteiger partial charge in [-0.05, 0) is 36.2 Å². The van der Waals surface area contributed by atoms with Gasteiger partial charge in [-0.15, -0.1) is 0 Å². The van der Waals surface area contributed by atoms with Crippen molar-refractivity contribution in [3.8, 4) is 28.7 Å². The van der Waals surface area contributed by atoms with E-state index in [4.69, 9.17) is 40.0 Å². The van der Waals surface area contributed by atoms with Crippen LogP contribution in [0.1, 0.15) is 18.1 Å². The zero-order valence-corrected chi connectivity index (χ0v) is 18.9. The second-order valence-electron chi connectivity index (χ2n) is 6.28. The SMILES string of the molecule is CCOCCOc1c(OC)cc(CNCc2cc(OC)c(OC)cc2Cl)cc1OC. The number of nitrogens with one attached hydrogen (secondary N) is 1. The van der Waals surface area contributed by atoms with Crippen LogP contribution in [0.2, 0.25) is 5.02 Å². The van der Waals surface area contributed by atoms with E-state index >= 15 is 0 Å². The Morgan fingerprint density at radius 2 is 1.37 bits per heavy atom. The van der Waals surface area contributed by atoms with Crippen molar-refractivity contribution in [2.75, 3.05) is 48.3 Å². The highest BCUT2D eigenvalue weighted by Gasteiger charge is 2.15. The number of methoxy groups -OCH3 is 4. The van der Waals surface area contributed by atoms with Gasteiger partial charge in [0.05, 0.1) is 35.0 Å². The molecule has 0 aliphatic heterocycles. The van der Waals surface area contributed by atoms with E-state index in [1.54, 1.807) is 34.5 Å². The lowest BCUT2D eigenvalue weighted by Gasteiger charge is -2.17. The quantitative estimate of drug-likeness (QED) is 0.471. The van der Waals surface area contributed by atoms with Crippen molar-refractivity contribution in [1.29, 1.82) is 0 Å². The highest BCUT2D eigenvalue weighted by molar-refractivity contribution is 6.31. The molecule has 166 valence electrons. The molecule has 2 rings (SSSR count). The molecule has 2 aromatic rings. The largest absolute Gasteiger partial charge is 0.493 e. The molecule has 30 heavy (non-hydrogen) atoms. The predicted octanol–water partition coefficient (Wildman–Crippen LogP) is 4.08. The Bertz CT molecular complexity index is 789.